The first-order valence-electron chi connectivity index (χ1n) is 3.98. The van der Waals surface area contributed by atoms with E-state index in [9.17, 15) is 0 Å². The summed E-state index contributed by atoms with van der Waals surface area (Å²) >= 11 is 0. The third-order valence-corrected chi connectivity index (χ3v) is 1.76. The summed E-state index contributed by atoms with van der Waals surface area (Å²) in [6.45, 7) is 5.76. The Kier molecular flexibility index (Phi) is 3.16. The highest BCUT2D eigenvalue weighted by Gasteiger charge is 2.15. The van der Waals surface area contributed by atoms with Crippen LogP contribution in [0, 0.1) is 5.92 Å². The maximum absolute atomic E-state index is 5.28. The van der Waals surface area contributed by atoms with Crippen LogP contribution in [0.25, 0.3) is 0 Å². The average Bonchev–Trinajstić information content (AvgIpc) is 2.34. The molecule has 1 rings (SSSR count). The van der Waals surface area contributed by atoms with Crippen molar-refractivity contribution in [2.45, 2.75) is 32.8 Å². The van der Waals surface area contributed by atoms with Crippen molar-refractivity contribution < 1.29 is 9.47 Å². The second-order valence-electron chi connectivity index (χ2n) is 3.25. The van der Waals surface area contributed by atoms with Gasteiger partial charge in [-0.2, -0.15) is 0 Å². The van der Waals surface area contributed by atoms with Gasteiger partial charge in [0.25, 0.3) is 0 Å². The molecule has 0 aromatic heterocycles. The molecule has 1 aliphatic rings. The van der Waals surface area contributed by atoms with Gasteiger partial charge in [-0.1, -0.05) is 13.8 Å². The number of ether oxygens (including phenoxy) is 2. The second-order valence-corrected chi connectivity index (χ2v) is 3.25. The molecular weight excluding hydrogens is 128 g/mol. The lowest BCUT2D eigenvalue weighted by Crippen LogP contribution is -2.09. The van der Waals surface area contributed by atoms with Gasteiger partial charge in [-0.3, -0.25) is 0 Å². The summed E-state index contributed by atoms with van der Waals surface area (Å²) in [7, 11) is 0. The van der Waals surface area contributed by atoms with Gasteiger partial charge in [-0.15, -0.1) is 0 Å². The summed E-state index contributed by atoms with van der Waals surface area (Å²) in [5.74, 6) is 0.782. The van der Waals surface area contributed by atoms with Crippen molar-refractivity contribution in [3.63, 3.8) is 0 Å². The molecule has 0 N–H and O–H groups in total. The van der Waals surface area contributed by atoms with Crippen LogP contribution >= 0.6 is 0 Å². The third kappa shape index (κ3) is 2.67. The van der Waals surface area contributed by atoms with Crippen molar-refractivity contribution in [1.82, 2.24) is 0 Å². The Morgan fingerprint density at radius 2 is 2.30 bits per heavy atom. The molecule has 60 valence electrons. The molecule has 2 heteroatoms. The number of hydrogen-bond donors (Lipinski definition) is 0. The number of hydrogen-bond acceptors (Lipinski definition) is 2. The summed E-state index contributed by atoms with van der Waals surface area (Å²) in [5.41, 5.74) is 0. The molecule has 0 spiro atoms. The lowest BCUT2D eigenvalue weighted by molar-refractivity contribution is 0.0433. The Morgan fingerprint density at radius 3 is 2.80 bits per heavy atom. The quantitative estimate of drug-likeness (QED) is 0.601. The molecule has 2 nitrogen and oxygen atoms in total. The fourth-order valence-corrected chi connectivity index (χ4v) is 1.06. The van der Waals surface area contributed by atoms with E-state index < -0.39 is 0 Å². The predicted molar refractivity (Wildman–Crippen MR) is 39.8 cm³/mol. The van der Waals surface area contributed by atoms with Gasteiger partial charge in [0, 0.05) is 0 Å². The molecule has 1 saturated heterocycles. The van der Waals surface area contributed by atoms with E-state index in [-0.39, 0.29) is 0 Å². The maximum atomic E-state index is 5.28. The van der Waals surface area contributed by atoms with Gasteiger partial charge in [0.2, 0.25) is 0 Å². The molecule has 1 heterocycles. The first kappa shape index (κ1) is 8.02. The lowest BCUT2D eigenvalue weighted by Gasteiger charge is -2.08. The van der Waals surface area contributed by atoms with Crippen LogP contribution < -0.4 is 0 Å². The molecule has 1 fully saturated rings. The zero-order chi connectivity index (χ0) is 7.40. The minimum absolute atomic E-state index is 0.377. The van der Waals surface area contributed by atoms with Crippen LogP contribution in [0.3, 0.4) is 0 Å². The van der Waals surface area contributed by atoms with E-state index in [1.54, 1.807) is 0 Å². The Labute approximate surface area is 62.5 Å². The Morgan fingerprint density at radius 1 is 1.50 bits per heavy atom. The smallest absolute Gasteiger partial charge is 0.147 e. The van der Waals surface area contributed by atoms with Crippen LogP contribution in [-0.4, -0.2) is 19.5 Å². The van der Waals surface area contributed by atoms with Crippen molar-refractivity contribution in [3.05, 3.63) is 0 Å². The summed E-state index contributed by atoms with van der Waals surface area (Å²) in [6, 6.07) is 0. The molecule has 0 aromatic carbocycles. The van der Waals surface area contributed by atoms with Gasteiger partial charge in [0.05, 0.1) is 12.7 Å². The van der Waals surface area contributed by atoms with Crippen LogP contribution in [0.1, 0.15) is 26.7 Å². The van der Waals surface area contributed by atoms with Crippen molar-refractivity contribution in [3.8, 4) is 0 Å². The zero-order valence-corrected chi connectivity index (χ0v) is 6.80. The summed E-state index contributed by atoms with van der Waals surface area (Å²) in [4.78, 5) is 0. The predicted octanol–water partition coefficient (Wildman–Crippen LogP) is 1.80. The van der Waals surface area contributed by atoms with Gasteiger partial charge in [0.1, 0.15) is 6.79 Å². The monoisotopic (exact) mass is 144 g/mol. The topological polar surface area (TPSA) is 18.5 Å². The minimum Gasteiger partial charge on any atom is -0.353 e. The molecular formula is C8H16O2. The summed E-state index contributed by atoms with van der Waals surface area (Å²) in [5, 5.41) is 0. The van der Waals surface area contributed by atoms with E-state index in [1.807, 2.05) is 0 Å². The molecule has 10 heavy (non-hydrogen) atoms. The maximum Gasteiger partial charge on any atom is 0.147 e. The third-order valence-electron chi connectivity index (χ3n) is 1.76. The van der Waals surface area contributed by atoms with Crippen LogP contribution in [0.4, 0.5) is 0 Å². The SMILES string of the molecule is CC(C)CCC1COCO1. The van der Waals surface area contributed by atoms with E-state index in [4.69, 9.17) is 9.47 Å². The minimum atomic E-state index is 0.377. The Bertz CT molecular complexity index is 85.3. The van der Waals surface area contributed by atoms with Crippen molar-refractivity contribution in [2.24, 2.45) is 5.92 Å². The fourth-order valence-electron chi connectivity index (χ4n) is 1.06. The van der Waals surface area contributed by atoms with Gasteiger partial charge in [-0.25, -0.2) is 0 Å². The summed E-state index contributed by atoms with van der Waals surface area (Å²) in [6.07, 6.45) is 2.77. The van der Waals surface area contributed by atoms with Crippen LogP contribution in [0.2, 0.25) is 0 Å². The molecule has 0 aliphatic carbocycles. The van der Waals surface area contributed by atoms with Gasteiger partial charge < -0.3 is 9.47 Å². The van der Waals surface area contributed by atoms with Crippen molar-refractivity contribution in [2.75, 3.05) is 13.4 Å². The van der Waals surface area contributed by atoms with Crippen LogP contribution in [0.5, 0.6) is 0 Å². The van der Waals surface area contributed by atoms with E-state index in [2.05, 4.69) is 13.8 Å². The molecule has 0 aromatic rings. The highest BCUT2D eigenvalue weighted by molar-refractivity contribution is 4.60. The molecule has 0 bridgehead atoms. The van der Waals surface area contributed by atoms with Crippen LogP contribution in [-0.2, 0) is 9.47 Å². The zero-order valence-electron chi connectivity index (χ0n) is 6.80. The molecule has 1 unspecified atom stereocenters. The average molecular weight is 144 g/mol. The fraction of sp³-hybridized carbons (Fsp3) is 1.00. The van der Waals surface area contributed by atoms with E-state index in [0.29, 0.717) is 12.9 Å². The van der Waals surface area contributed by atoms with E-state index >= 15 is 0 Å². The lowest BCUT2D eigenvalue weighted by atomic mass is 10.1. The van der Waals surface area contributed by atoms with Crippen molar-refractivity contribution >= 4 is 0 Å². The van der Waals surface area contributed by atoms with Gasteiger partial charge in [0.15, 0.2) is 0 Å². The first-order valence-corrected chi connectivity index (χ1v) is 3.98. The highest BCUT2D eigenvalue weighted by atomic mass is 16.7. The first-order chi connectivity index (χ1) is 4.79. The van der Waals surface area contributed by atoms with Gasteiger partial charge >= 0.3 is 0 Å². The number of rotatable bonds is 3. The normalized spacial score (nSPS) is 26.1. The largest absolute Gasteiger partial charge is 0.353 e. The molecule has 0 radical (unpaired) electrons. The van der Waals surface area contributed by atoms with Crippen LogP contribution in [0.15, 0.2) is 0 Å². The van der Waals surface area contributed by atoms with Crippen molar-refractivity contribution in [1.29, 1.82) is 0 Å². The van der Waals surface area contributed by atoms with E-state index in [1.165, 1.54) is 6.42 Å². The molecule has 1 atom stereocenters. The molecule has 0 amide bonds. The Balaban J connectivity index is 2.01. The Hall–Kier alpha value is -0.0800. The van der Waals surface area contributed by atoms with E-state index in [0.717, 1.165) is 18.9 Å². The summed E-state index contributed by atoms with van der Waals surface area (Å²) < 4.78 is 10.3. The molecule has 1 aliphatic heterocycles. The molecule has 0 saturated carbocycles. The standard InChI is InChI=1S/C8H16O2/c1-7(2)3-4-8-5-9-6-10-8/h7-8H,3-6H2,1-2H3. The second kappa shape index (κ2) is 3.94. The van der Waals surface area contributed by atoms with Gasteiger partial charge in [-0.05, 0) is 18.8 Å². The highest BCUT2D eigenvalue weighted by Crippen LogP contribution is 2.13.